The van der Waals surface area contributed by atoms with E-state index in [4.69, 9.17) is 0 Å². The lowest BCUT2D eigenvalue weighted by molar-refractivity contribution is 0.332. The van der Waals surface area contributed by atoms with Gasteiger partial charge in [0.2, 0.25) is 0 Å². The summed E-state index contributed by atoms with van der Waals surface area (Å²) >= 11 is 0. The molecular weight excluding hydrogens is 771 g/mol. The maximum Gasteiger partial charge on any atom is 0.333 e. The van der Waals surface area contributed by atoms with Crippen molar-refractivity contribution in [1.29, 1.82) is 0 Å². The van der Waals surface area contributed by atoms with E-state index in [1.165, 1.54) is 106 Å². The molecule has 0 spiro atoms. The Morgan fingerprint density at radius 2 is 0.953 bits per heavy atom. The summed E-state index contributed by atoms with van der Waals surface area (Å²) in [6.07, 6.45) is 2.31. The molecule has 3 aliphatic rings. The Kier molecular flexibility index (Phi) is 9.26. The zero-order chi connectivity index (χ0) is 44.1. The first kappa shape index (κ1) is 40.2. The zero-order valence-electron chi connectivity index (χ0n) is 38.6. The van der Waals surface area contributed by atoms with Gasteiger partial charge in [0.05, 0.1) is 0 Å². The number of hydrogen-bond donors (Lipinski definition) is 0. The van der Waals surface area contributed by atoms with Crippen molar-refractivity contribution in [2.45, 2.75) is 84.5 Å². The smallest absolute Gasteiger partial charge is 0.333 e. The molecule has 0 amide bonds. The van der Waals surface area contributed by atoms with E-state index in [0.29, 0.717) is 0 Å². The summed E-state index contributed by atoms with van der Waals surface area (Å²) in [7, 11) is 0. The lowest BCUT2D eigenvalue weighted by Gasteiger charge is -2.49. The van der Waals surface area contributed by atoms with Crippen molar-refractivity contribution >= 4 is 46.2 Å². The van der Waals surface area contributed by atoms with Gasteiger partial charge in [-0.25, -0.2) is 0 Å². The van der Waals surface area contributed by atoms with Gasteiger partial charge >= 0.3 is 6.85 Å². The lowest BCUT2D eigenvalue weighted by atomic mass is 9.42. The molecule has 0 saturated heterocycles. The molecule has 2 aliphatic heterocycles. The molecule has 0 aromatic heterocycles. The van der Waals surface area contributed by atoms with Gasteiger partial charge in [-0.3, -0.25) is 0 Å². The summed E-state index contributed by atoms with van der Waals surface area (Å²) in [6, 6.07) is 66.5. The highest BCUT2D eigenvalue weighted by atomic mass is 15.2. The monoisotopic (exact) mass is 828 g/mol. The third-order valence-corrected chi connectivity index (χ3v) is 14.8. The molecule has 8 aromatic rings. The van der Waals surface area contributed by atoms with Crippen LogP contribution in [0.15, 0.2) is 176 Å². The molecule has 2 nitrogen and oxygen atoms in total. The zero-order valence-corrected chi connectivity index (χ0v) is 38.6. The predicted molar refractivity (Wildman–Crippen MR) is 275 cm³/mol. The highest BCUT2D eigenvalue weighted by Gasteiger charge is 2.48. The van der Waals surface area contributed by atoms with Gasteiger partial charge in [0, 0.05) is 34.0 Å². The highest BCUT2D eigenvalue weighted by molar-refractivity contribution is 6.93. The van der Waals surface area contributed by atoms with Crippen molar-refractivity contribution in [2.75, 3.05) is 9.71 Å². The molecule has 1 aliphatic carbocycles. The number of nitrogens with zero attached hydrogens (tertiary/aromatic N) is 2. The average molecular weight is 829 g/mol. The third-order valence-electron chi connectivity index (χ3n) is 14.8. The number of hydrogen-bond acceptors (Lipinski definition) is 2. The lowest BCUT2D eigenvalue weighted by Crippen LogP contribution is -2.62. The van der Waals surface area contributed by atoms with Crippen LogP contribution in [0.4, 0.5) is 28.4 Å². The van der Waals surface area contributed by atoms with Crippen LogP contribution in [0, 0.1) is 6.92 Å². The van der Waals surface area contributed by atoms with Gasteiger partial charge in [-0.1, -0.05) is 188 Å². The summed E-state index contributed by atoms with van der Waals surface area (Å²) in [6.45, 7) is 19.2. The molecule has 64 heavy (non-hydrogen) atoms. The Morgan fingerprint density at radius 3 is 1.53 bits per heavy atom. The van der Waals surface area contributed by atoms with Gasteiger partial charge in [0.15, 0.2) is 0 Å². The minimum Gasteiger partial charge on any atom is -0.376 e. The molecule has 0 radical (unpaired) electrons. The molecule has 2 heterocycles. The topological polar surface area (TPSA) is 6.48 Å². The van der Waals surface area contributed by atoms with Gasteiger partial charge in [0.25, 0.3) is 0 Å². The van der Waals surface area contributed by atoms with Gasteiger partial charge in [0.1, 0.15) is 0 Å². The Hall–Kier alpha value is -6.58. The Labute approximate surface area is 381 Å². The van der Waals surface area contributed by atoms with E-state index in [-0.39, 0.29) is 23.1 Å². The van der Waals surface area contributed by atoms with Crippen molar-refractivity contribution in [3.05, 3.63) is 198 Å². The number of anilines is 5. The Balaban J connectivity index is 1.26. The number of aryl methyl sites for hydroxylation is 1. The molecule has 0 saturated carbocycles. The number of fused-ring (bicyclic) bond motifs is 5. The van der Waals surface area contributed by atoms with E-state index in [9.17, 15) is 0 Å². The maximum atomic E-state index is 2.69. The van der Waals surface area contributed by atoms with Crippen molar-refractivity contribution in [1.82, 2.24) is 0 Å². The summed E-state index contributed by atoms with van der Waals surface area (Å²) < 4.78 is 0. The van der Waals surface area contributed by atoms with E-state index < -0.39 is 0 Å². The third kappa shape index (κ3) is 6.54. The second-order valence-electron chi connectivity index (χ2n) is 20.9. The summed E-state index contributed by atoms with van der Waals surface area (Å²) in [5.74, 6) is 0. The van der Waals surface area contributed by atoms with E-state index in [1.807, 2.05) is 0 Å². The van der Waals surface area contributed by atoms with E-state index >= 15 is 0 Å². The van der Waals surface area contributed by atoms with Crippen molar-refractivity contribution < 1.29 is 0 Å². The first-order chi connectivity index (χ1) is 30.8. The van der Waals surface area contributed by atoms with Gasteiger partial charge < -0.3 is 9.71 Å². The van der Waals surface area contributed by atoms with Crippen LogP contribution in [0.25, 0.3) is 44.5 Å². The van der Waals surface area contributed by atoms with Gasteiger partial charge in [-0.15, -0.1) is 0 Å². The minimum atomic E-state index is -0.0929. The molecule has 0 bridgehead atoms. The normalized spacial score (nSPS) is 15.5. The van der Waals surface area contributed by atoms with Crippen LogP contribution in [0.5, 0.6) is 0 Å². The summed E-state index contributed by atoms with van der Waals surface area (Å²) in [5, 5.41) is 0. The van der Waals surface area contributed by atoms with Crippen molar-refractivity contribution in [3.8, 4) is 44.5 Å². The van der Waals surface area contributed by atoms with Crippen LogP contribution in [-0.4, -0.2) is 6.85 Å². The predicted octanol–water partition coefficient (Wildman–Crippen LogP) is 15.4. The number of benzene rings is 8. The number of rotatable bonds is 5. The highest BCUT2D eigenvalue weighted by Crippen LogP contribution is 2.53. The Morgan fingerprint density at radius 1 is 0.453 bits per heavy atom. The van der Waals surface area contributed by atoms with Crippen LogP contribution in [-0.2, 0) is 16.2 Å². The average Bonchev–Trinajstić information content (AvgIpc) is 3.31. The van der Waals surface area contributed by atoms with Gasteiger partial charge in [-0.05, 0) is 145 Å². The van der Waals surface area contributed by atoms with Crippen molar-refractivity contribution in [2.24, 2.45) is 0 Å². The SMILES string of the molecule is Cc1ccc(-c2ccccc2)cc1N1c2cc3c(cc2B2c4c(cc(C(C)(C)C)cc41)-c1ccc(-c4ccccc4)cc1N2c1ccc(-c2ccccc2)cc1)C(C)(C)CCC3(C)C. The standard InChI is InChI=1S/C61H57BN2/c1-40-24-25-45(42-20-14-10-15-21-42)34-54(40)63-56-39-52-51(60(5,6)32-33-61(52,7)8)38-53(56)62-58-50(36-47(37-57(58)63)59(2,3)4)49-31-28-46(43-22-16-11-17-23-43)35-55(49)64(62)48-29-26-44(27-30-48)41-18-12-9-13-19-41/h9-31,34-39H,32-33H2,1-8H3. The fourth-order valence-electron chi connectivity index (χ4n) is 10.9. The van der Waals surface area contributed by atoms with Crippen LogP contribution in [0.1, 0.15) is 83.6 Å². The molecule has 0 unspecified atom stereocenters. The second kappa shape index (κ2) is 14.7. The molecule has 0 atom stereocenters. The van der Waals surface area contributed by atoms with E-state index in [1.54, 1.807) is 0 Å². The first-order valence-corrected chi connectivity index (χ1v) is 23.2. The van der Waals surface area contributed by atoms with Crippen LogP contribution in [0.3, 0.4) is 0 Å². The molecule has 0 fully saturated rings. The van der Waals surface area contributed by atoms with Crippen LogP contribution >= 0.6 is 0 Å². The molecule has 8 aromatic carbocycles. The van der Waals surface area contributed by atoms with Crippen LogP contribution < -0.4 is 20.6 Å². The molecule has 314 valence electrons. The first-order valence-electron chi connectivity index (χ1n) is 23.2. The van der Waals surface area contributed by atoms with Gasteiger partial charge in [-0.2, -0.15) is 0 Å². The van der Waals surface area contributed by atoms with Crippen molar-refractivity contribution in [3.63, 3.8) is 0 Å². The molecule has 0 N–H and O–H groups in total. The Bertz CT molecular complexity index is 3090. The minimum absolute atomic E-state index is 0.0296. The maximum absolute atomic E-state index is 2.69. The van der Waals surface area contributed by atoms with E-state index in [2.05, 4.69) is 241 Å². The molecule has 11 rings (SSSR count). The van der Waals surface area contributed by atoms with Crippen LogP contribution in [0.2, 0.25) is 0 Å². The molecular formula is C61H57BN2. The fraction of sp³-hybridized carbons (Fsp3) is 0.213. The fourth-order valence-corrected chi connectivity index (χ4v) is 10.9. The molecule has 3 heteroatoms. The quantitative estimate of drug-likeness (QED) is 0.160. The largest absolute Gasteiger partial charge is 0.376 e. The second-order valence-corrected chi connectivity index (χ2v) is 20.9. The van der Waals surface area contributed by atoms with E-state index in [0.717, 1.165) is 12.8 Å². The summed E-state index contributed by atoms with van der Waals surface area (Å²) in [4.78, 5) is 5.36. The summed E-state index contributed by atoms with van der Waals surface area (Å²) in [5.41, 5.74) is 24.4.